The van der Waals surface area contributed by atoms with E-state index >= 15 is 0 Å². The number of nitrogens with zero attached hydrogens (tertiary/aromatic N) is 1. The highest BCUT2D eigenvalue weighted by molar-refractivity contribution is 14.1. The van der Waals surface area contributed by atoms with Crippen molar-refractivity contribution in [2.24, 2.45) is 0 Å². The fourth-order valence-electron chi connectivity index (χ4n) is 1.25. The molecule has 0 fully saturated rings. The molecule has 4 nitrogen and oxygen atoms in total. The predicted molar refractivity (Wildman–Crippen MR) is 75.4 cm³/mol. The van der Waals surface area contributed by atoms with Crippen molar-refractivity contribution in [3.8, 4) is 11.6 Å². The molecular formula is C12H7ClINO3. The van der Waals surface area contributed by atoms with Crippen molar-refractivity contribution in [1.29, 1.82) is 0 Å². The Hall–Kier alpha value is -1.34. The first kappa shape index (κ1) is 13.1. The Kier molecular flexibility index (Phi) is 4.03. The summed E-state index contributed by atoms with van der Waals surface area (Å²) in [5.41, 5.74) is 0.0232. The molecule has 0 atom stereocenters. The van der Waals surface area contributed by atoms with Gasteiger partial charge in [-0.05, 0) is 40.8 Å². The first-order chi connectivity index (χ1) is 8.58. The third kappa shape index (κ3) is 2.91. The van der Waals surface area contributed by atoms with Crippen LogP contribution in [0.2, 0.25) is 5.02 Å². The number of ether oxygens (including phenoxy) is 1. The van der Waals surface area contributed by atoms with Crippen LogP contribution in [0.25, 0.3) is 0 Å². The molecule has 2 aromatic rings. The lowest BCUT2D eigenvalue weighted by atomic mass is 10.3. The Morgan fingerprint density at radius 2 is 2.11 bits per heavy atom. The van der Waals surface area contributed by atoms with Crippen LogP contribution in [-0.4, -0.2) is 16.1 Å². The molecule has 0 aliphatic heterocycles. The van der Waals surface area contributed by atoms with Crippen LogP contribution in [0.1, 0.15) is 10.4 Å². The van der Waals surface area contributed by atoms with Crippen molar-refractivity contribution in [3.05, 3.63) is 50.7 Å². The number of carbonyl (C=O) groups is 1. The summed E-state index contributed by atoms with van der Waals surface area (Å²) in [5.74, 6) is -0.272. The molecule has 1 aromatic heterocycles. The maximum atomic E-state index is 10.7. The van der Waals surface area contributed by atoms with Gasteiger partial charge < -0.3 is 9.84 Å². The molecule has 0 aliphatic carbocycles. The molecule has 1 N–H and O–H groups in total. The largest absolute Gasteiger partial charge is 0.478 e. The standard InChI is InChI=1S/C12H7ClINO3/c13-8-5-7(12(16)17)6-15-11(8)18-10-4-2-1-3-9(10)14/h1-6H,(H,16,17). The van der Waals surface area contributed by atoms with Gasteiger partial charge in [0.05, 0.1) is 9.13 Å². The van der Waals surface area contributed by atoms with Crippen LogP contribution in [0.3, 0.4) is 0 Å². The Morgan fingerprint density at radius 3 is 2.72 bits per heavy atom. The highest BCUT2D eigenvalue weighted by Gasteiger charge is 2.11. The minimum absolute atomic E-state index is 0.0232. The first-order valence-corrected chi connectivity index (χ1v) is 6.35. The number of carboxylic acids is 1. The van der Waals surface area contributed by atoms with Gasteiger partial charge in [0.25, 0.3) is 0 Å². The van der Waals surface area contributed by atoms with E-state index in [0.717, 1.165) is 3.57 Å². The molecule has 6 heteroatoms. The number of benzene rings is 1. The maximum Gasteiger partial charge on any atom is 0.337 e. The molecule has 0 bridgehead atoms. The van der Waals surface area contributed by atoms with E-state index in [2.05, 4.69) is 27.6 Å². The van der Waals surface area contributed by atoms with Gasteiger partial charge in [-0.25, -0.2) is 9.78 Å². The molecule has 0 spiro atoms. The average molecular weight is 376 g/mol. The highest BCUT2D eigenvalue weighted by Crippen LogP contribution is 2.30. The van der Waals surface area contributed by atoms with E-state index in [0.29, 0.717) is 5.75 Å². The third-order valence-corrected chi connectivity index (χ3v) is 3.26. The van der Waals surface area contributed by atoms with Crippen LogP contribution in [-0.2, 0) is 0 Å². The normalized spacial score (nSPS) is 10.1. The van der Waals surface area contributed by atoms with Gasteiger partial charge in [0.2, 0.25) is 5.88 Å². The summed E-state index contributed by atoms with van der Waals surface area (Å²) in [6.45, 7) is 0. The molecule has 1 heterocycles. The van der Waals surface area contributed by atoms with Crippen LogP contribution in [0.4, 0.5) is 0 Å². The number of aromatic carboxylic acids is 1. The molecule has 0 amide bonds. The predicted octanol–water partition coefficient (Wildman–Crippen LogP) is 3.83. The second-order valence-corrected chi connectivity index (χ2v) is 4.92. The molecule has 0 saturated heterocycles. The van der Waals surface area contributed by atoms with E-state index in [-0.39, 0.29) is 16.5 Å². The van der Waals surface area contributed by atoms with Crippen LogP contribution < -0.4 is 4.74 Å². The van der Waals surface area contributed by atoms with Crippen molar-refractivity contribution in [2.45, 2.75) is 0 Å². The molecule has 0 unspecified atom stereocenters. The number of pyridine rings is 1. The molecule has 0 aliphatic rings. The Morgan fingerprint density at radius 1 is 1.39 bits per heavy atom. The second kappa shape index (κ2) is 5.53. The van der Waals surface area contributed by atoms with E-state index in [9.17, 15) is 4.79 Å². The average Bonchev–Trinajstić information content (AvgIpc) is 2.34. The van der Waals surface area contributed by atoms with Crippen molar-refractivity contribution in [1.82, 2.24) is 4.98 Å². The van der Waals surface area contributed by atoms with Crippen LogP contribution >= 0.6 is 34.2 Å². The van der Waals surface area contributed by atoms with Gasteiger partial charge in [-0.3, -0.25) is 0 Å². The molecule has 2 rings (SSSR count). The summed E-state index contributed by atoms with van der Waals surface area (Å²) in [7, 11) is 0. The molecule has 92 valence electrons. The number of aromatic nitrogens is 1. The smallest absolute Gasteiger partial charge is 0.337 e. The highest BCUT2D eigenvalue weighted by atomic mass is 127. The number of hydrogen-bond donors (Lipinski definition) is 1. The van der Waals surface area contributed by atoms with Crippen molar-refractivity contribution in [3.63, 3.8) is 0 Å². The van der Waals surface area contributed by atoms with Crippen molar-refractivity contribution >= 4 is 40.2 Å². The fourth-order valence-corrected chi connectivity index (χ4v) is 1.95. The summed E-state index contributed by atoms with van der Waals surface area (Å²) in [4.78, 5) is 14.6. The molecule has 1 aromatic carbocycles. The zero-order valence-electron chi connectivity index (χ0n) is 8.93. The lowest BCUT2D eigenvalue weighted by Crippen LogP contribution is -1.98. The van der Waals surface area contributed by atoms with E-state index in [1.807, 2.05) is 18.2 Å². The Bertz CT molecular complexity index is 604. The van der Waals surface area contributed by atoms with Crippen molar-refractivity contribution < 1.29 is 14.6 Å². The monoisotopic (exact) mass is 375 g/mol. The lowest BCUT2D eigenvalue weighted by Gasteiger charge is -2.08. The van der Waals surface area contributed by atoms with Gasteiger partial charge in [-0.1, -0.05) is 23.7 Å². The number of halogens is 2. The number of carboxylic acid groups (broad SMARTS) is 1. The lowest BCUT2D eigenvalue weighted by molar-refractivity contribution is 0.0696. The zero-order chi connectivity index (χ0) is 13.1. The summed E-state index contributed by atoms with van der Waals surface area (Å²) < 4.78 is 6.44. The zero-order valence-corrected chi connectivity index (χ0v) is 11.8. The maximum absolute atomic E-state index is 10.7. The van der Waals surface area contributed by atoms with Crippen LogP contribution in [0, 0.1) is 3.57 Å². The van der Waals surface area contributed by atoms with E-state index in [1.54, 1.807) is 6.07 Å². The van der Waals surface area contributed by atoms with E-state index < -0.39 is 5.97 Å². The quantitative estimate of drug-likeness (QED) is 0.828. The summed E-state index contributed by atoms with van der Waals surface area (Å²) in [5, 5.41) is 8.95. The minimum Gasteiger partial charge on any atom is -0.478 e. The van der Waals surface area contributed by atoms with Gasteiger partial charge in [0.1, 0.15) is 10.8 Å². The van der Waals surface area contributed by atoms with Gasteiger partial charge in [0.15, 0.2) is 0 Å². The molecule has 0 radical (unpaired) electrons. The van der Waals surface area contributed by atoms with E-state index in [4.69, 9.17) is 21.4 Å². The van der Waals surface area contributed by atoms with Gasteiger partial charge in [0, 0.05) is 6.20 Å². The number of para-hydroxylation sites is 1. The summed E-state index contributed by atoms with van der Waals surface area (Å²) in [6, 6.07) is 8.69. The Labute approximate surface area is 122 Å². The third-order valence-electron chi connectivity index (χ3n) is 2.10. The van der Waals surface area contributed by atoms with Crippen LogP contribution in [0.5, 0.6) is 11.6 Å². The van der Waals surface area contributed by atoms with Gasteiger partial charge in [-0.2, -0.15) is 0 Å². The van der Waals surface area contributed by atoms with E-state index in [1.165, 1.54) is 12.3 Å². The van der Waals surface area contributed by atoms with Crippen molar-refractivity contribution in [2.75, 3.05) is 0 Å². The van der Waals surface area contributed by atoms with Crippen LogP contribution in [0.15, 0.2) is 36.5 Å². The Balaban J connectivity index is 2.30. The summed E-state index contributed by atoms with van der Waals surface area (Å²) >= 11 is 8.05. The SMILES string of the molecule is O=C(O)c1cnc(Oc2ccccc2I)c(Cl)c1. The van der Waals surface area contributed by atoms with Gasteiger partial charge >= 0.3 is 5.97 Å². The first-order valence-electron chi connectivity index (χ1n) is 4.89. The minimum atomic E-state index is -1.08. The number of hydrogen-bond acceptors (Lipinski definition) is 3. The topological polar surface area (TPSA) is 59.4 Å². The fraction of sp³-hybridized carbons (Fsp3) is 0. The summed E-state index contributed by atoms with van der Waals surface area (Å²) in [6.07, 6.45) is 1.21. The molecular weight excluding hydrogens is 368 g/mol. The molecule has 0 saturated carbocycles. The number of rotatable bonds is 3. The van der Waals surface area contributed by atoms with Gasteiger partial charge in [-0.15, -0.1) is 0 Å². The molecule has 18 heavy (non-hydrogen) atoms. The second-order valence-electron chi connectivity index (χ2n) is 3.35.